The molecule has 0 N–H and O–H groups in total. The van der Waals surface area contributed by atoms with Gasteiger partial charge in [0.15, 0.2) is 0 Å². The van der Waals surface area contributed by atoms with E-state index in [4.69, 9.17) is 4.98 Å². The van der Waals surface area contributed by atoms with Gasteiger partial charge in [0, 0.05) is 28.6 Å². The molecule has 1 aromatic carbocycles. The lowest BCUT2D eigenvalue weighted by atomic mass is 10.1. The fraction of sp³-hybridized carbons (Fsp3) is 0.176. The van der Waals surface area contributed by atoms with Crippen LogP contribution in [0.5, 0.6) is 0 Å². The summed E-state index contributed by atoms with van der Waals surface area (Å²) in [5, 5.41) is 3.45. The Hall–Kier alpha value is -2.00. The van der Waals surface area contributed by atoms with Crippen LogP contribution in [0.1, 0.15) is 23.8 Å². The molecule has 0 unspecified atom stereocenters. The molecule has 20 heavy (non-hydrogen) atoms. The fourth-order valence-corrected chi connectivity index (χ4v) is 3.30. The quantitative estimate of drug-likeness (QED) is 0.691. The van der Waals surface area contributed by atoms with Crippen molar-refractivity contribution in [1.29, 1.82) is 0 Å². The molecule has 2 aromatic heterocycles. The van der Waals surface area contributed by atoms with Gasteiger partial charge < -0.3 is 0 Å². The summed E-state index contributed by atoms with van der Waals surface area (Å²) in [5.41, 5.74) is 4.38. The molecule has 2 heterocycles. The Morgan fingerprint density at radius 1 is 0.950 bits per heavy atom. The van der Waals surface area contributed by atoms with Gasteiger partial charge >= 0.3 is 0 Å². The first kappa shape index (κ1) is 11.8. The molecule has 3 heteroatoms. The van der Waals surface area contributed by atoms with Crippen LogP contribution < -0.4 is 0 Å². The van der Waals surface area contributed by atoms with Crippen LogP contribution in [0.25, 0.3) is 22.5 Å². The minimum atomic E-state index is 0.726. The lowest BCUT2D eigenvalue weighted by Crippen LogP contribution is -1.86. The maximum Gasteiger partial charge on any atom is 0.0963 e. The Bertz CT molecular complexity index is 730. The van der Waals surface area contributed by atoms with E-state index in [-0.39, 0.29) is 0 Å². The zero-order chi connectivity index (χ0) is 13.4. The molecule has 1 saturated carbocycles. The molecule has 0 bridgehead atoms. The highest BCUT2D eigenvalue weighted by molar-refractivity contribution is 7.10. The van der Waals surface area contributed by atoms with Gasteiger partial charge in [-0.05, 0) is 25.0 Å². The topological polar surface area (TPSA) is 25.8 Å². The maximum atomic E-state index is 4.77. The number of aromatic nitrogens is 2. The molecule has 0 spiro atoms. The first-order chi connectivity index (χ1) is 9.90. The second-order valence-corrected chi connectivity index (χ2v) is 6.03. The van der Waals surface area contributed by atoms with Crippen LogP contribution in [0.4, 0.5) is 0 Å². The number of rotatable bonds is 3. The number of hydrogen-bond donors (Lipinski definition) is 0. The summed E-state index contributed by atoms with van der Waals surface area (Å²) in [6.45, 7) is 0. The standard InChI is InChI=1S/C17H14N2S/c1-2-4-12(5-3-1)15-10-14(8-9-18-15)16-11-20-17(19-16)13-6-7-13/h1-5,8-11,13H,6-7H2. The van der Waals surface area contributed by atoms with Crippen molar-refractivity contribution in [2.75, 3.05) is 0 Å². The van der Waals surface area contributed by atoms with Gasteiger partial charge in [0.25, 0.3) is 0 Å². The number of hydrogen-bond acceptors (Lipinski definition) is 3. The molecule has 0 atom stereocenters. The highest BCUT2D eigenvalue weighted by Crippen LogP contribution is 2.42. The smallest absolute Gasteiger partial charge is 0.0963 e. The monoisotopic (exact) mass is 278 g/mol. The summed E-state index contributed by atoms with van der Waals surface area (Å²) in [6, 6.07) is 14.4. The Balaban J connectivity index is 1.71. The Morgan fingerprint density at radius 2 is 1.80 bits per heavy atom. The zero-order valence-electron chi connectivity index (χ0n) is 11.0. The average molecular weight is 278 g/mol. The van der Waals surface area contributed by atoms with Gasteiger partial charge in [-0.2, -0.15) is 0 Å². The van der Waals surface area contributed by atoms with Gasteiger partial charge in [0.1, 0.15) is 0 Å². The van der Waals surface area contributed by atoms with E-state index in [0.717, 1.165) is 28.4 Å². The summed E-state index contributed by atoms with van der Waals surface area (Å²) >= 11 is 1.79. The number of thiazole rings is 1. The number of nitrogens with zero attached hydrogens (tertiary/aromatic N) is 2. The van der Waals surface area contributed by atoms with E-state index >= 15 is 0 Å². The highest BCUT2D eigenvalue weighted by atomic mass is 32.1. The third-order valence-corrected chi connectivity index (χ3v) is 4.58. The molecule has 0 radical (unpaired) electrons. The Morgan fingerprint density at radius 3 is 2.60 bits per heavy atom. The van der Waals surface area contributed by atoms with Crippen LogP contribution in [0.3, 0.4) is 0 Å². The molecule has 1 fully saturated rings. The lowest BCUT2D eigenvalue weighted by molar-refractivity contribution is 1.08. The number of benzene rings is 1. The predicted octanol–water partition coefficient (Wildman–Crippen LogP) is 4.75. The van der Waals surface area contributed by atoms with Crippen molar-refractivity contribution in [3.05, 3.63) is 59.0 Å². The van der Waals surface area contributed by atoms with Crippen LogP contribution in [-0.2, 0) is 0 Å². The van der Waals surface area contributed by atoms with Gasteiger partial charge in [0.05, 0.1) is 16.4 Å². The Labute approximate surface area is 122 Å². The van der Waals surface area contributed by atoms with E-state index in [2.05, 4.69) is 28.6 Å². The lowest BCUT2D eigenvalue weighted by Gasteiger charge is -2.02. The molecule has 1 aliphatic carbocycles. The van der Waals surface area contributed by atoms with E-state index in [1.807, 2.05) is 30.5 Å². The van der Waals surface area contributed by atoms with Crippen molar-refractivity contribution in [1.82, 2.24) is 9.97 Å². The van der Waals surface area contributed by atoms with Gasteiger partial charge in [-0.15, -0.1) is 11.3 Å². The van der Waals surface area contributed by atoms with Crippen LogP contribution in [0.15, 0.2) is 54.0 Å². The molecule has 4 rings (SSSR count). The van der Waals surface area contributed by atoms with Gasteiger partial charge in [-0.3, -0.25) is 4.98 Å². The van der Waals surface area contributed by atoms with Crippen LogP contribution in [0.2, 0.25) is 0 Å². The van der Waals surface area contributed by atoms with Crippen molar-refractivity contribution in [3.8, 4) is 22.5 Å². The molecule has 0 aliphatic heterocycles. The molecule has 2 nitrogen and oxygen atoms in total. The normalized spacial score (nSPS) is 14.4. The summed E-state index contributed by atoms with van der Waals surface area (Å²) in [7, 11) is 0. The van der Waals surface area contributed by atoms with E-state index in [1.54, 1.807) is 11.3 Å². The molecule has 1 aliphatic rings. The summed E-state index contributed by atoms with van der Waals surface area (Å²) in [6.07, 6.45) is 4.48. The number of pyridine rings is 1. The van der Waals surface area contributed by atoms with Crippen molar-refractivity contribution in [2.45, 2.75) is 18.8 Å². The molecule has 3 aromatic rings. The van der Waals surface area contributed by atoms with Crippen molar-refractivity contribution < 1.29 is 0 Å². The summed E-state index contributed by atoms with van der Waals surface area (Å²) < 4.78 is 0. The third kappa shape index (κ3) is 2.25. The van der Waals surface area contributed by atoms with Crippen molar-refractivity contribution in [3.63, 3.8) is 0 Å². The zero-order valence-corrected chi connectivity index (χ0v) is 11.8. The highest BCUT2D eigenvalue weighted by Gasteiger charge is 2.26. The maximum absolute atomic E-state index is 4.77. The van der Waals surface area contributed by atoms with Crippen LogP contribution in [-0.4, -0.2) is 9.97 Å². The summed E-state index contributed by atoms with van der Waals surface area (Å²) in [5.74, 6) is 0.726. The third-order valence-electron chi connectivity index (χ3n) is 3.57. The van der Waals surface area contributed by atoms with E-state index in [9.17, 15) is 0 Å². The molecule has 0 saturated heterocycles. The Kier molecular flexibility index (Phi) is 2.85. The van der Waals surface area contributed by atoms with Gasteiger partial charge in [-0.1, -0.05) is 30.3 Å². The average Bonchev–Trinajstić information content (AvgIpc) is 3.26. The minimum Gasteiger partial charge on any atom is -0.256 e. The SMILES string of the molecule is c1ccc(-c2cc(-c3csc(C4CC4)n3)ccn2)cc1. The van der Waals surface area contributed by atoms with Crippen molar-refractivity contribution in [2.24, 2.45) is 0 Å². The van der Waals surface area contributed by atoms with Crippen LogP contribution >= 0.6 is 11.3 Å². The second-order valence-electron chi connectivity index (χ2n) is 5.14. The van der Waals surface area contributed by atoms with Crippen molar-refractivity contribution >= 4 is 11.3 Å². The van der Waals surface area contributed by atoms with Gasteiger partial charge in [-0.25, -0.2) is 4.98 Å². The molecular weight excluding hydrogens is 264 g/mol. The molecule has 0 amide bonds. The summed E-state index contributed by atoms with van der Waals surface area (Å²) in [4.78, 5) is 9.23. The first-order valence-electron chi connectivity index (χ1n) is 6.87. The van der Waals surface area contributed by atoms with Crippen LogP contribution in [0, 0.1) is 0 Å². The second kappa shape index (κ2) is 4.84. The van der Waals surface area contributed by atoms with Gasteiger partial charge in [0.2, 0.25) is 0 Å². The predicted molar refractivity (Wildman–Crippen MR) is 82.8 cm³/mol. The first-order valence-corrected chi connectivity index (χ1v) is 7.75. The van der Waals surface area contributed by atoms with E-state index in [1.165, 1.54) is 17.8 Å². The van der Waals surface area contributed by atoms with E-state index in [0.29, 0.717) is 0 Å². The largest absolute Gasteiger partial charge is 0.256 e. The fourth-order valence-electron chi connectivity index (χ4n) is 2.29. The minimum absolute atomic E-state index is 0.726. The van der Waals surface area contributed by atoms with E-state index < -0.39 is 0 Å². The molecule has 98 valence electrons. The molecular formula is C17H14N2S.